The third-order valence-corrected chi connectivity index (χ3v) is 4.89. The van der Waals surface area contributed by atoms with Crippen molar-refractivity contribution < 1.29 is 9.53 Å². The molecule has 3 aromatic rings. The number of aryl methyl sites for hydroxylation is 1. The van der Waals surface area contributed by atoms with Crippen molar-refractivity contribution in [2.24, 2.45) is 0 Å². The molecule has 0 unspecified atom stereocenters. The molecule has 0 aliphatic carbocycles. The van der Waals surface area contributed by atoms with Crippen LogP contribution in [-0.2, 0) is 11.3 Å². The molecule has 1 heterocycles. The lowest BCUT2D eigenvalue weighted by atomic mass is 10.1. The number of aromatic nitrogens is 1. The summed E-state index contributed by atoms with van der Waals surface area (Å²) in [7, 11) is 0. The highest BCUT2D eigenvalue weighted by atomic mass is 32.1. The first-order chi connectivity index (χ1) is 12.1. The number of thiazole rings is 1. The number of benzene rings is 2. The molecule has 0 saturated heterocycles. The van der Waals surface area contributed by atoms with Crippen LogP contribution in [0.4, 0.5) is 0 Å². The SMILES string of the molecule is Cc1cccc(OCC(=O)NCc2csc(-c3ccccc3)n2)c1C. The molecule has 2 aromatic carbocycles. The summed E-state index contributed by atoms with van der Waals surface area (Å²) in [6.45, 7) is 4.41. The number of hydrogen-bond donors (Lipinski definition) is 1. The zero-order chi connectivity index (χ0) is 17.6. The number of rotatable bonds is 6. The zero-order valence-corrected chi connectivity index (χ0v) is 15.1. The first-order valence-electron chi connectivity index (χ1n) is 8.09. The Morgan fingerprint density at radius 3 is 2.72 bits per heavy atom. The lowest BCUT2D eigenvalue weighted by molar-refractivity contribution is -0.123. The predicted octanol–water partition coefficient (Wildman–Crippen LogP) is 4.12. The molecule has 0 radical (unpaired) electrons. The Labute approximate surface area is 151 Å². The summed E-state index contributed by atoms with van der Waals surface area (Å²) < 4.78 is 5.61. The van der Waals surface area contributed by atoms with Crippen LogP contribution in [0.15, 0.2) is 53.9 Å². The maximum atomic E-state index is 12.0. The van der Waals surface area contributed by atoms with Crippen molar-refractivity contribution in [1.29, 1.82) is 0 Å². The average molecular weight is 352 g/mol. The van der Waals surface area contributed by atoms with E-state index in [-0.39, 0.29) is 12.5 Å². The van der Waals surface area contributed by atoms with E-state index < -0.39 is 0 Å². The van der Waals surface area contributed by atoms with Gasteiger partial charge in [-0.15, -0.1) is 11.3 Å². The fourth-order valence-electron chi connectivity index (χ4n) is 2.37. The minimum Gasteiger partial charge on any atom is -0.483 e. The van der Waals surface area contributed by atoms with Gasteiger partial charge >= 0.3 is 0 Å². The summed E-state index contributed by atoms with van der Waals surface area (Å²) in [5, 5.41) is 5.77. The molecular formula is C20H20N2O2S. The summed E-state index contributed by atoms with van der Waals surface area (Å²) in [5.41, 5.74) is 4.14. The summed E-state index contributed by atoms with van der Waals surface area (Å²) in [4.78, 5) is 16.6. The molecule has 128 valence electrons. The Balaban J connectivity index is 1.51. The second kappa shape index (κ2) is 7.94. The van der Waals surface area contributed by atoms with Crippen LogP contribution < -0.4 is 10.1 Å². The van der Waals surface area contributed by atoms with Gasteiger partial charge in [0.2, 0.25) is 0 Å². The standard InChI is InChI=1S/C20H20N2O2S/c1-14-7-6-10-18(15(14)2)24-12-19(23)21-11-17-13-25-20(22-17)16-8-4-3-5-9-16/h3-10,13H,11-12H2,1-2H3,(H,21,23). The van der Waals surface area contributed by atoms with E-state index in [1.165, 1.54) is 0 Å². The Morgan fingerprint density at radius 2 is 1.92 bits per heavy atom. The quantitative estimate of drug-likeness (QED) is 0.726. The molecule has 1 aromatic heterocycles. The van der Waals surface area contributed by atoms with Crippen LogP contribution in [-0.4, -0.2) is 17.5 Å². The van der Waals surface area contributed by atoms with Crippen LogP contribution in [0.2, 0.25) is 0 Å². The zero-order valence-electron chi connectivity index (χ0n) is 14.3. The molecule has 0 aliphatic heterocycles. The molecule has 0 atom stereocenters. The highest BCUT2D eigenvalue weighted by Gasteiger charge is 2.08. The first kappa shape index (κ1) is 17.2. The lowest BCUT2D eigenvalue weighted by Gasteiger charge is -2.10. The Kier molecular flexibility index (Phi) is 5.46. The molecule has 0 bridgehead atoms. The van der Waals surface area contributed by atoms with Crippen molar-refractivity contribution in [1.82, 2.24) is 10.3 Å². The number of ether oxygens (including phenoxy) is 1. The van der Waals surface area contributed by atoms with E-state index in [1.807, 2.05) is 67.8 Å². The minimum absolute atomic E-state index is 0.0000269. The minimum atomic E-state index is -0.157. The van der Waals surface area contributed by atoms with Crippen LogP contribution in [0, 0.1) is 13.8 Å². The van der Waals surface area contributed by atoms with E-state index in [9.17, 15) is 4.79 Å². The second-order valence-electron chi connectivity index (χ2n) is 5.77. The largest absolute Gasteiger partial charge is 0.483 e. The normalized spacial score (nSPS) is 10.5. The molecule has 1 amide bonds. The van der Waals surface area contributed by atoms with Crippen LogP contribution in [0.5, 0.6) is 5.75 Å². The average Bonchev–Trinajstić information content (AvgIpc) is 3.11. The molecule has 0 aliphatic rings. The third-order valence-electron chi connectivity index (χ3n) is 3.95. The first-order valence-corrected chi connectivity index (χ1v) is 8.97. The van der Waals surface area contributed by atoms with E-state index in [1.54, 1.807) is 11.3 Å². The maximum absolute atomic E-state index is 12.0. The Hall–Kier alpha value is -2.66. The van der Waals surface area contributed by atoms with Gasteiger partial charge in [-0.2, -0.15) is 0 Å². The van der Waals surface area contributed by atoms with Crippen molar-refractivity contribution in [2.75, 3.05) is 6.61 Å². The summed E-state index contributed by atoms with van der Waals surface area (Å²) in [6, 6.07) is 15.8. The number of nitrogens with one attached hydrogen (secondary N) is 1. The molecule has 5 heteroatoms. The number of nitrogens with zero attached hydrogens (tertiary/aromatic N) is 1. The van der Waals surface area contributed by atoms with Crippen molar-refractivity contribution in [3.8, 4) is 16.3 Å². The summed E-state index contributed by atoms with van der Waals surface area (Å²) >= 11 is 1.57. The van der Waals surface area contributed by atoms with Gasteiger partial charge in [-0.1, -0.05) is 42.5 Å². The molecule has 0 saturated carbocycles. The van der Waals surface area contributed by atoms with Gasteiger partial charge in [-0.25, -0.2) is 4.98 Å². The highest BCUT2D eigenvalue weighted by molar-refractivity contribution is 7.13. The lowest BCUT2D eigenvalue weighted by Crippen LogP contribution is -2.28. The van der Waals surface area contributed by atoms with E-state index >= 15 is 0 Å². The molecular weight excluding hydrogens is 332 g/mol. The smallest absolute Gasteiger partial charge is 0.258 e. The maximum Gasteiger partial charge on any atom is 0.258 e. The van der Waals surface area contributed by atoms with Crippen molar-refractivity contribution in [2.45, 2.75) is 20.4 Å². The van der Waals surface area contributed by atoms with Gasteiger partial charge in [-0.3, -0.25) is 4.79 Å². The number of amides is 1. The summed E-state index contributed by atoms with van der Waals surface area (Å²) in [6.07, 6.45) is 0. The van der Waals surface area contributed by atoms with Gasteiger partial charge in [0, 0.05) is 10.9 Å². The van der Waals surface area contributed by atoms with Crippen LogP contribution in [0.1, 0.15) is 16.8 Å². The van der Waals surface area contributed by atoms with Crippen molar-refractivity contribution in [3.63, 3.8) is 0 Å². The molecule has 1 N–H and O–H groups in total. The van der Waals surface area contributed by atoms with E-state index in [0.717, 1.165) is 33.1 Å². The number of carbonyl (C=O) groups is 1. The van der Waals surface area contributed by atoms with Crippen LogP contribution in [0.3, 0.4) is 0 Å². The van der Waals surface area contributed by atoms with Crippen LogP contribution >= 0.6 is 11.3 Å². The third kappa shape index (κ3) is 4.45. The van der Waals surface area contributed by atoms with Crippen molar-refractivity contribution in [3.05, 3.63) is 70.7 Å². The van der Waals surface area contributed by atoms with E-state index in [0.29, 0.717) is 6.54 Å². The summed E-state index contributed by atoms with van der Waals surface area (Å²) in [5.74, 6) is 0.588. The highest BCUT2D eigenvalue weighted by Crippen LogP contribution is 2.23. The molecule has 0 spiro atoms. The van der Waals surface area contributed by atoms with Crippen LogP contribution in [0.25, 0.3) is 10.6 Å². The number of carbonyl (C=O) groups excluding carboxylic acids is 1. The van der Waals surface area contributed by atoms with E-state index in [2.05, 4.69) is 10.3 Å². The molecule has 0 fully saturated rings. The molecule has 25 heavy (non-hydrogen) atoms. The van der Waals surface area contributed by atoms with Gasteiger partial charge in [-0.05, 0) is 31.0 Å². The topological polar surface area (TPSA) is 51.2 Å². The fourth-order valence-corrected chi connectivity index (χ4v) is 3.19. The van der Waals surface area contributed by atoms with E-state index in [4.69, 9.17) is 4.74 Å². The fraction of sp³-hybridized carbons (Fsp3) is 0.200. The van der Waals surface area contributed by atoms with Gasteiger partial charge in [0.1, 0.15) is 10.8 Å². The van der Waals surface area contributed by atoms with Crippen molar-refractivity contribution >= 4 is 17.2 Å². The second-order valence-corrected chi connectivity index (χ2v) is 6.63. The predicted molar refractivity (Wildman–Crippen MR) is 101 cm³/mol. The Morgan fingerprint density at radius 1 is 1.12 bits per heavy atom. The Bertz CT molecular complexity index is 859. The number of hydrogen-bond acceptors (Lipinski definition) is 4. The van der Waals surface area contributed by atoms with Gasteiger partial charge < -0.3 is 10.1 Å². The van der Waals surface area contributed by atoms with Gasteiger partial charge in [0.05, 0.1) is 12.2 Å². The van der Waals surface area contributed by atoms with Gasteiger partial charge in [0.15, 0.2) is 6.61 Å². The molecule has 3 rings (SSSR count). The monoisotopic (exact) mass is 352 g/mol. The van der Waals surface area contributed by atoms with Gasteiger partial charge in [0.25, 0.3) is 5.91 Å². The molecule has 4 nitrogen and oxygen atoms in total.